The van der Waals surface area contributed by atoms with Gasteiger partial charge in [-0.3, -0.25) is 19.4 Å². The first-order chi connectivity index (χ1) is 19.8. The van der Waals surface area contributed by atoms with E-state index < -0.39 is 35.9 Å². The van der Waals surface area contributed by atoms with Crippen molar-refractivity contribution >= 4 is 34.7 Å². The van der Waals surface area contributed by atoms with Crippen LogP contribution < -0.4 is 11.1 Å². The number of benzene rings is 1. The van der Waals surface area contributed by atoms with Crippen molar-refractivity contribution in [1.82, 2.24) is 10.3 Å². The number of amides is 2. The number of primary amides is 1. The van der Waals surface area contributed by atoms with Crippen LogP contribution in [0.25, 0.3) is 10.9 Å². The monoisotopic (exact) mass is 569 g/mol. The second-order valence-corrected chi connectivity index (χ2v) is 10.8. The molecule has 1 aromatic heterocycles. The highest BCUT2D eigenvalue weighted by molar-refractivity contribution is 5.99. The number of nitrogens with two attached hydrogens (primary N) is 1. The minimum Gasteiger partial charge on any atom is -0.481 e. The Balaban J connectivity index is 1.90. The van der Waals surface area contributed by atoms with Gasteiger partial charge >= 0.3 is 11.9 Å². The number of carbonyl (C=O) groups excluding carboxylic acids is 3. The van der Waals surface area contributed by atoms with E-state index in [1.165, 1.54) is 51.1 Å². The topological polar surface area (TPSA) is 149 Å². The number of carbonyl (C=O) groups is 4. The molecule has 9 heteroatoms. The molecule has 0 saturated carbocycles. The average Bonchev–Trinajstić information content (AvgIpc) is 2.94. The number of pyridine rings is 1. The molecule has 0 aliphatic heterocycles. The molecule has 0 bridgehead atoms. The van der Waals surface area contributed by atoms with Crippen LogP contribution in [0.15, 0.2) is 36.5 Å². The predicted molar refractivity (Wildman–Crippen MR) is 159 cm³/mol. The second-order valence-electron chi connectivity index (χ2n) is 10.8. The van der Waals surface area contributed by atoms with Crippen LogP contribution in [0, 0.1) is 0 Å². The molecule has 0 saturated heterocycles. The minimum absolute atomic E-state index is 0.0830. The van der Waals surface area contributed by atoms with Crippen LogP contribution in [-0.4, -0.2) is 46.0 Å². The summed E-state index contributed by atoms with van der Waals surface area (Å²) in [5.41, 5.74) is 6.42. The van der Waals surface area contributed by atoms with Gasteiger partial charge in [-0.25, -0.2) is 4.79 Å². The second kappa shape index (κ2) is 19.6. The zero-order valence-corrected chi connectivity index (χ0v) is 24.4. The van der Waals surface area contributed by atoms with Crippen molar-refractivity contribution in [3.63, 3.8) is 0 Å². The fourth-order valence-electron chi connectivity index (χ4n) is 4.85. The van der Waals surface area contributed by atoms with Gasteiger partial charge in [0.25, 0.3) is 5.91 Å². The van der Waals surface area contributed by atoms with Crippen molar-refractivity contribution in [3.05, 3.63) is 42.1 Å². The minimum atomic E-state index is -1.07. The number of rotatable bonds is 22. The Morgan fingerprint density at radius 2 is 1.54 bits per heavy atom. The molecular weight excluding hydrogens is 522 g/mol. The van der Waals surface area contributed by atoms with E-state index in [9.17, 15) is 19.2 Å². The number of esters is 1. The molecule has 0 aliphatic carbocycles. The third-order valence-corrected chi connectivity index (χ3v) is 7.17. The lowest BCUT2D eigenvalue weighted by atomic mass is 10.0. The van der Waals surface area contributed by atoms with Gasteiger partial charge in [-0.2, -0.15) is 0 Å². The zero-order valence-electron chi connectivity index (χ0n) is 24.4. The van der Waals surface area contributed by atoms with Crippen LogP contribution in [0.4, 0.5) is 0 Å². The van der Waals surface area contributed by atoms with E-state index in [0.717, 1.165) is 36.6 Å². The Bertz CT molecular complexity index is 1110. The molecule has 226 valence electrons. The molecule has 2 rings (SSSR count). The third kappa shape index (κ3) is 14.1. The number of hydrogen-bond acceptors (Lipinski definition) is 6. The van der Waals surface area contributed by atoms with Crippen molar-refractivity contribution in [3.8, 4) is 0 Å². The summed E-state index contributed by atoms with van der Waals surface area (Å²) in [7, 11) is 0. The zero-order chi connectivity index (χ0) is 29.9. The first-order valence-corrected chi connectivity index (χ1v) is 15.2. The SMILES string of the molecule is CCCCCCCCCCCCC[C@H](CC(N)=O)OC(=O)[C@@H](CCCC(=O)O)NC(=O)c1cnc2ccccc2c1. The summed E-state index contributed by atoms with van der Waals surface area (Å²) in [6, 6.07) is 7.97. The standard InChI is InChI=1S/C32H47N3O6/c1-2-3-4-5-6-7-8-9-10-11-12-17-26(22-29(33)36)41-32(40)28(19-15-20-30(37)38)35-31(39)25-21-24-16-13-14-18-27(24)34-23-25/h13-14,16,18,21,23,26,28H,2-12,15,17,19-20,22H2,1H3,(H2,33,36)(H,35,39)(H,37,38)/t26-,28-/m1/s1. The fourth-order valence-corrected chi connectivity index (χ4v) is 4.85. The van der Waals surface area contributed by atoms with Gasteiger partial charge in [-0.15, -0.1) is 0 Å². The van der Waals surface area contributed by atoms with Gasteiger partial charge in [0.2, 0.25) is 5.91 Å². The Morgan fingerprint density at radius 3 is 2.17 bits per heavy atom. The molecule has 9 nitrogen and oxygen atoms in total. The van der Waals surface area contributed by atoms with Crippen molar-refractivity contribution in [1.29, 1.82) is 0 Å². The Labute approximate surface area is 243 Å². The summed E-state index contributed by atoms with van der Waals surface area (Å²) >= 11 is 0. The predicted octanol–water partition coefficient (Wildman–Crippen LogP) is 6.08. The number of hydrogen-bond donors (Lipinski definition) is 3. The van der Waals surface area contributed by atoms with Gasteiger partial charge < -0.3 is 20.9 Å². The number of aliphatic carboxylic acids is 1. The number of nitrogens with zero attached hydrogens (tertiary/aromatic N) is 1. The van der Waals surface area contributed by atoms with Crippen LogP contribution in [0.3, 0.4) is 0 Å². The Hall–Kier alpha value is -3.49. The molecular formula is C32H47N3O6. The first-order valence-electron chi connectivity index (χ1n) is 15.2. The van der Waals surface area contributed by atoms with Crippen molar-refractivity contribution < 1.29 is 29.0 Å². The average molecular weight is 570 g/mol. The van der Waals surface area contributed by atoms with E-state index >= 15 is 0 Å². The summed E-state index contributed by atoms with van der Waals surface area (Å²) < 4.78 is 5.66. The summed E-state index contributed by atoms with van der Waals surface area (Å²) in [6.45, 7) is 2.22. The van der Waals surface area contributed by atoms with E-state index in [1.807, 2.05) is 24.3 Å². The molecule has 2 amide bonds. The number of para-hydroxylation sites is 1. The molecule has 0 fully saturated rings. The van der Waals surface area contributed by atoms with E-state index in [1.54, 1.807) is 6.07 Å². The lowest BCUT2D eigenvalue weighted by Crippen LogP contribution is -2.43. The van der Waals surface area contributed by atoms with Crippen LogP contribution in [-0.2, 0) is 19.1 Å². The molecule has 0 radical (unpaired) electrons. The fraction of sp³-hybridized carbons (Fsp3) is 0.594. The molecule has 2 aromatic rings. The van der Waals surface area contributed by atoms with Crippen LogP contribution in [0.1, 0.15) is 120 Å². The van der Waals surface area contributed by atoms with E-state index in [2.05, 4.69) is 17.2 Å². The molecule has 0 spiro atoms. The van der Waals surface area contributed by atoms with Gasteiger partial charge in [0.1, 0.15) is 12.1 Å². The summed E-state index contributed by atoms with van der Waals surface area (Å²) in [5.74, 6) is -2.78. The third-order valence-electron chi connectivity index (χ3n) is 7.17. The quantitative estimate of drug-likeness (QED) is 0.115. The molecule has 1 aromatic carbocycles. The first kappa shape index (κ1) is 33.7. The summed E-state index contributed by atoms with van der Waals surface area (Å²) in [4.78, 5) is 53.1. The van der Waals surface area contributed by atoms with Gasteiger partial charge in [0.15, 0.2) is 0 Å². The van der Waals surface area contributed by atoms with Crippen molar-refractivity contribution in [2.75, 3.05) is 0 Å². The smallest absolute Gasteiger partial charge is 0.328 e. The van der Waals surface area contributed by atoms with Crippen LogP contribution in [0.5, 0.6) is 0 Å². The summed E-state index contributed by atoms with van der Waals surface area (Å²) in [5, 5.41) is 12.5. The number of fused-ring (bicyclic) bond motifs is 1. The number of nitrogens with one attached hydrogen (secondary N) is 1. The van der Waals surface area contributed by atoms with Gasteiger partial charge in [0.05, 0.1) is 17.5 Å². The number of aromatic nitrogens is 1. The highest BCUT2D eigenvalue weighted by Crippen LogP contribution is 2.17. The maximum absolute atomic E-state index is 13.1. The number of unbranched alkanes of at least 4 members (excludes halogenated alkanes) is 10. The molecule has 0 aliphatic rings. The van der Waals surface area contributed by atoms with Crippen molar-refractivity contribution in [2.45, 2.75) is 122 Å². The van der Waals surface area contributed by atoms with E-state index in [0.29, 0.717) is 6.42 Å². The van der Waals surface area contributed by atoms with Crippen molar-refractivity contribution in [2.24, 2.45) is 5.73 Å². The Kier molecular flexibility index (Phi) is 16.1. The number of ether oxygens (including phenoxy) is 1. The largest absolute Gasteiger partial charge is 0.481 e. The van der Waals surface area contributed by atoms with Gasteiger partial charge in [-0.05, 0) is 37.8 Å². The lowest BCUT2D eigenvalue weighted by Gasteiger charge is -2.22. The van der Waals surface area contributed by atoms with Crippen LogP contribution >= 0.6 is 0 Å². The van der Waals surface area contributed by atoms with Crippen LogP contribution in [0.2, 0.25) is 0 Å². The lowest BCUT2D eigenvalue weighted by molar-refractivity contribution is -0.153. The molecule has 4 N–H and O–H groups in total. The van der Waals surface area contributed by atoms with E-state index in [-0.39, 0.29) is 31.2 Å². The maximum Gasteiger partial charge on any atom is 0.328 e. The molecule has 1 heterocycles. The number of carboxylic acids is 1. The Morgan fingerprint density at radius 1 is 0.902 bits per heavy atom. The molecule has 2 atom stereocenters. The maximum atomic E-state index is 13.1. The highest BCUT2D eigenvalue weighted by Gasteiger charge is 2.27. The molecule has 0 unspecified atom stereocenters. The van der Waals surface area contributed by atoms with Gasteiger partial charge in [-0.1, -0.05) is 89.3 Å². The van der Waals surface area contributed by atoms with Gasteiger partial charge in [0, 0.05) is 18.0 Å². The van der Waals surface area contributed by atoms with E-state index in [4.69, 9.17) is 15.6 Å². The summed E-state index contributed by atoms with van der Waals surface area (Å²) in [6.07, 6.45) is 14.2. The molecule has 41 heavy (non-hydrogen) atoms. The normalized spacial score (nSPS) is 12.5. The highest BCUT2D eigenvalue weighted by atomic mass is 16.5. The number of carboxylic acid groups (broad SMARTS) is 1.